The van der Waals surface area contributed by atoms with Gasteiger partial charge in [0, 0.05) is 32.5 Å². The van der Waals surface area contributed by atoms with Crippen LogP contribution in [0, 0.1) is 0 Å². The third-order valence-corrected chi connectivity index (χ3v) is 3.30. The predicted molar refractivity (Wildman–Crippen MR) is 64.3 cm³/mol. The van der Waals surface area contributed by atoms with E-state index in [1.165, 1.54) is 0 Å². The van der Waals surface area contributed by atoms with E-state index in [9.17, 15) is 5.11 Å². The lowest BCUT2D eigenvalue weighted by Crippen LogP contribution is -2.54. The van der Waals surface area contributed by atoms with E-state index in [-0.39, 0.29) is 11.3 Å². The summed E-state index contributed by atoms with van der Waals surface area (Å²) in [6, 6.07) is 0. The van der Waals surface area contributed by atoms with Gasteiger partial charge in [0.1, 0.15) is 5.72 Å². The Bertz CT molecular complexity index is 249. The monoisotopic (exact) mass is 244 g/mol. The number of aliphatic hydroxyl groups excluding tert-OH is 1. The van der Waals surface area contributed by atoms with Gasteiger partial charge in [-0.2, -0.15) is 0 Å². The molecule has 0 radical (unpaired) electrons. The summed E-state index contributed by atoms with van der Waals surface area (Å²) in [5.41, 5.74) is -0.464. The molecule has 100 valence electrons. The summed E-state index contributed by atoms with van der Waals surface area (Å²) in [5.74, 6) is 0. The molecule has 0 aromatic heterocycles. The third-order valence-electron chi connectivity index (χ3n) is 3.30. The summed E-state index contributed by atoms with van der Waals surface area (Å²) in [6.45, 7) is 9.16. The van der Waals surface area contributed by atoms with Gasteiger partial charge in [-0.3, -0.25) is 10.2 Å². The maximum absolute atomic E-state index is 9.98. The van der Waals surface area contributed by atoms with Crippen molar-refractivity contribution in [1.29, 1.82) is 0 Å². The fourth-order valence-corrected chi connectivity index (χ4v) is 2.39. The Morgan fingerprint density at radius 3 is 2.47 bits per heavy atom. The molecule has 2 N–H and O–H groups in total. The van der Waals surface area contributed by atoms with Crippen LogP contribution in [0.15, 0.2) is 0 Å². The number of nitrogens with one attached hydrogen (secondary N) is 1. The fraction of sp³-hybridized carbons (Fsp3) is 1.00. The lowest BCUT2D eigenvalue weighted by atomic mass is 10.0. The predicted octanol–water partition coefficient (Wildman–Crippen LogP) is 0.489. The summed E-state index contributed by atoms with van der Waals surface area (Å²) in [6.07, 6.45) is 0.989. The van der Waals surface area contributed by atoms with Crippen LogP contribution in [0.3, 0.4) is 0 Å². The van der Waals surface area contributed by atoms with Crippen LogP contribution in [-0.2, 0) is 9.47 Å². The number of nitrogens with zero attached hydrogens (tertiary/aromatic N) is 1. The van der Waals surface area contributed by atoms with Gasteiger partial charge in [0.05, 0.1) is 12.2 Å². The quantitative estimate of drug-likeness (QED) is 0.692. The zero-order valence-corrected chi connectivity index (χ0v) is 11.0. The first kappa shape index (κ1) is 13.2. The second-order valence-electron chi connectivity index (χ2n) is 5.86. The van der Waals surface area contributed by atoms with Crippen LogP contribution < -0.4 is 5.32 Å². The molecular formula is C12H24N2O3. The van der Waals surface area contributed by atoms with E-state index in [0.29, 0.717) is 0 Å². The Hall–Kier alpha value is -0.200. The molecule has 0 saturated carbocycles. The second-order valence-corrected chi connectivity index (χ2v) is 5.86. The van der Waals surface area contributed by atoms with Gasteiger partial charge in [0.25, 0.3) is 0 Å². The van der Waals surface area contributed by atoms with E-state index in [2.05, 4.69) is 5.32 Å². The molecule has 17 heavy (non-hydrogen) atoms. The summed E-state index contributed by atoms with van der Waals surface area (Å²) in [4.78, 5) is 1.96. The minimum Gasteiger partial charge on any atom is -0.359 e. The summed E-state index contributed by atoms with van der Waals surface area (Å²) >= 11 is 0. The van der Waals surface area contributed by atoms with E-state index in [1.54, 1.807) is 0 Å². The lowest BCUT2D eigenvalue weighted by molar-refractivity contribution is -0.249. The minimum atomic E-state index is -0.811. The van der Waals surface area contributed by atoms with Crippen LogP contribution in [0.2, 0.25) is 0 Å². The molecule has 2 rings (SSSR count). The van der Waals surface area contributed by atoms with Crippen LogP contribution in [0.4, 0.5) is 0 Å². The molecule has 0 aromatic rings. The first-order chi connectivity index (χ1) is 7.90. The van der Waals surface area contributed by atoms with Crippen LogP contribution in [0.5, 0.6) is 0 Å². The minimum absolute atomic E-state index is 0.141. The summed E-state index contributed by atoms with van der Waals surface area (Å²) < 4.78 is 11.3. The molecule has 1 spiro atoms. The number of rotatable bonds is 2. The van der Waals surface area contributed by atoms with Gasteiger partial charge in [-0.15, -0.1) is 0 Å². The van der Waals surface area contributed by atoms with Gasteiger partial charge >= 0.3 is 0 Å². The molecule has 5 nitrogen and oxygen atoms in total. The molecule has 2 fully saturated rings. The van der Waals surface area contributed by atoms with Crippen LogP contribution >= 0.6 is 0 Å². The molecule has 0 bridgehead atoms. The average molecular weight is 244 g/mol. The summed E-state index contributed by atoms with van der Waals surface area (Å²) in [5, 5.41) is 13.4. The highest BCUT2D eigenvalue weighted by atomic mass is 16.6. The Morgan fingerprint density at radius 1 is 1.35 bits per heavy atom. The SMILES string of the molecule is CC(C)(C)OC(O)N1CCC2(CC1)NCCO2. The third kappa shape index (κ3) is 3.39. The highest BCUT2D eigenvalue weighted by Crippen LogP contribution is 2.27. The van der Waals surface area contributed by atoms with Crippen molar-refractivity contribution in [2.24, 2.45) is 0 Å². The molecule has 5 heteroatoms. The molecule has 1 atom stereocenters. The number of aliphatic hydroxyl groups is 1. The Morgan fingerprint density at radius 2 is 2.00 bits per heavy atom. The number of ether oxygens (including phenoxy) is 2. The van der Waals surface area contributed by atoms with Crippen LogP contribution in [0.25, 0.3) is 0 Å². The van der Waals surface area contributed by atoms with Gasteiger partial charge in [-0.05, 0) is 20.8 Å². The van der Waals surface area contributed by atoms with Crippen molar-refractivity contribution in [2.75, 3.05) is 26.2 Å². The van der Waals surface area contributed by atoms with Crippen molar-refractivity contribution < 1.29 is 14.6 Å². The van der Waals surface area contributed by atoms with Crippen molar-refractivity contribution in [3.63, 3.8) is 0 Å². The maximum atomic E-state index is 9.98. The standard InChI is InChI=1S/C12H24N2O3/c1-11(2,3)17-10(15)14-7-4-12(5-8-14)13-6-9-16-12/h10,13,15H,4-9H2,1-3H3. The summed E-state index contributed by atoms with van der Waals surface area (Å²) in [7, 11) is 0. The van der Waals surface area contributed by atoms with E-state index in [1.807, 2.05) is 25.7 Å². The van der Waals surface area contributed by atoms with E-state index in [0.717, 1.165) is 39.1 Å². The molecule has 1 unspecified atom stereocenters. The Labute approximate surface area is 103 Å². The lowest BCUT2D eigenvalue weighted by Gasteiger charge is -2.41. The number of piperidine rings is 1. The second kappa shape index (κ2) is 4.82. The van der Waals surface area contributed by atoms with E-state index >= 15 is 0 Å². The van der Waals surface area contributed by atoms with Crippen molar-refractivity contribution in [1.82, 2.24) is 10.2 Å². The topological polar surface area (TPSA) is 54.0 Å². The highest BCUT2D eigenvalue weighted by molar-refractivity contribution is 4.88. The van der Waals surface area contributed by atoms with Gasteiger partial charge in [-0.25, -0.2) is 0 Å². The van der Waals surface area contributed by atoms with Crippen LogP contribution in [-0.4, -0.2) is 54.0 Å². The highest BCUT2D eigenvalue weighted by Gasteiger charge is 2.39. The smallest absolute Gasteiger partial charge is 0.216 e. The first-order valence-electron chi connectivity index (χ1n) is 6.39. The number of likely N-dealkylation sites (tertiary alicyclic amines) is 1. The van der Waals surface area contributed by atoms with Gasteiger partial charge in [0.15, 0.2) is 0 Å². The Kier molecular flexibility index (Phi) is 3.75. The molecule has 0 aromatic carbocycles. The number of hydrogen-bond donors (Lipinski definition) is 2. The normalized spacial score (nSPS) is 27.5. The van der Waals surface area contributed by atoms with Gasteiger partial charge in [0.2, 0.25) is 6.41 Å². The zero-order chi connectivity index (χ0) is 12.5. The first-order valence-corrected chi connectivity index (χ1v) is 6.39. The van der Waals surface area contributed by atoms with E-state index in [4.69, 9.17) is 9.47 Å². The molecular weight excluding hydrogens is 220 g/mol. The van der Waals surface area contributed by atoms with Crippen molar-refractivity contribution in [2.45, 2.75) is 51.4 Å². The van der Waals surface area contributed by atoms with Crippen LogP contribution in [0.1, 0.15) is 33.6 Å². The molecule has 2 aliphatic heterocycles. The van der Waals surface area contributed by atoms with Crippen molar-refractivity contribution in [3.8, 4) is 0 Å². The van der Waals surface area contributed by atoms with Gasteiger partial charge < -0.3 is 14.6 Å². The molecule has 2 heterocycles. The van der Waals surface area contributed by atoms with E-state index < -0.39 is 6.41 Å². The Balaban J connectivity index is 1.82. The van der Waals surface area contributed by atoms with Crippen molar-refractivity contribution in [3.05, 3.63) is 0 Å². The van der Waals surface area contributed by atoms with Gasteiger partial charge in [-0.1, -0.05) is 0 Å². The molecule has 2 saturated heterocycles. The molecule has 2 aliphatic rings. The molecule has 0 aliphatic carbocycles. The maximum Gasteiger partial charge on any atom is 0.216 e. The largest absolute Gasteiger partial charge is 0.359 e. The number of hydrogen-bond acceptors (Lipinski definition) is 5. The zero-order valence-electron chi connectivity index (χ0n) is 11.0. The average Bonchev–Trinajstić information content (AvgIpc) is 2.65. The van der Waals surface area contributed by atoms with Crippen molar-refractivity contribution >= 4 is 0 Å². The molecule has 0 amide bonds. The fourth-order valence-electron chi connectivity index (χ4n) is 2.39.